The van der Waals surface area contributed by atoms with Crippen LogP contribution in [0.15, 0.2) is 72.8 Å². The number of hydrogen-bond donors (Lipinski definition) is 2. The highest BCUT2D eigenvalue weighted by molar-refractivity contribution is 7.20. The quantitative estimate of drug-likeness (QED) is 0.312. The molecule has 4 rings (SSSR count). The van der Waals surface area contributed by atoms with Crippen LogP contribution in [-0.4, -0.2) is 11.7 Å². The number of rotatable bonds is 6. The summed E-state index contributed by atoms with van der Waals surface area (Å²) in [5.41, 5.74) is 7.69. The Kier molecular flexibility index (Phi) is 5.59. The van der Waals surface area contributed by atoms with Gasteiger partial charge in [0.05, 0.1) is 16.3 Å². The average molecular weight is 418 g/mol. The SMILES string of the molecule is Nc1ccc(F)cc1NC(=O)c1ccc(CCC(=O)c2cc3ccccc3s2)cc1. The molecule has 0 bridgehead atoms. The number of nitrogens with one attached hydrogen (secondary N) is 1. The van der Waals surface area contributed by atoms with E-state index < -0.39 is 5.82 Å². The van der Waals surface area contributed by atoms with E-state index in [1.54, 1.807) is 12.1 Å². The van der Waals surface area contributed by atoms with Crippen LogP contribution in [0.25, 0.3) is 10.1 Å². The van der Waals surface area contributed by atoms with Crippen molar-refractivity contribution in [3.8, 4) is 0 Å². The molecule has 0 unspecified atom stereocenters. The fourth-order valence-electron chi connectivity index (χ4n) is 3.15. The fourth-order valence-corrected chi connectivity index (χ4v) is 4.18. The van der Waals surface area contributed by atoms with Crippen LogP contribution in [0.1, 0.15) is 32.0 Å². The van der Waals surface area contributed by atoms with Crippen molar-refractivity contribution in [2.45, 2.75) is 12.8 Å². The normalized spacial score (nSPS) is 10.8. The molecule has 1 aromatic heterocycles. The molecule has 1 heterocycles. The minimum Gasteiger partial charge on any atom is -0.397 e. The molecule has 0 aliphatic carbocycles. The van der Waals surface area contributed by atoms with Gasteiger partial charge in [-0.05, 0) is 59.8 Å². The Hall–Kier alpha value is -3.51. The maximum atomic E-state index is 13.4. The van der Waals surface area contributed by atoms with Crippen molar-refractivity contribution in [1.29, 1.82) is 0 Å². The third kappa shape index (κ3) is 4.39. The van der Waals surface area contributed by atoms with Crippen LogP contribution in [0.5, 0.6) is 0 Å². The van der Waals surface area contributed by atoms with E-state index in [4.69, 9.17) is 5.73 Å². The van der Waals surface area contributed by atoms with Gasteiger partial charge in [-0.1, -0.05) is 30.3 Å². The number of hydrogen-bond acceptors (Lipinski definition) is 4. The Morgan fingerprint density at radius 1 is 0.967 bits per heavy atom. The molecule has 0 saturated carbocycles. The van der Waals surface area contributed by atoms with Crippen molar-refractivity contribution in [2.24, 2.45) is 0 Å². The number of anilines is 2. The largest absolute Gasteiger partial charge is 0.397 e. The van der Waals surface area contributed by atoms with Crippen LogP contribution < -0.4 is 11.1 Å². The first-order valence-corrected chi connectivity index (χ1v) is 10.3. The molecule has 0 spiro atoms. The highest BCUT2D eigenvalue weighted by Crippen LogP contribution is 2.26. The highest BCUT2D eigenvalue weighted by Gasteiger charge is 2.12. The van der Waals surface area contributed by atoms with Crippen LogP contribution in [0, 0.1) is 5.82 Å². The molecule has 6 heteroatoms. The Bertz CT molecular complexity index is 1200. The Labute approximate surface area is 177 Å². The second-order valence-corrected chi connectivity index (χ2v) is 8.04. The second-order valence-electron chi connectivity index (χ2n) is 6.95. The molecule has 1 amide bonds. The molecule has 0 radical (unpaired) electrons. The van der Waals surface area contributed by atoms with Crippen molar-refractivity contribution >= 4 is 44.5 Å². The van der Waals surface area contributed by atoms with Gasteiger partial charge in [0.2, 0.25) is 0 Å². The van der Waals surface area contributed by atoms with Gasteiger partial charge in [0.15, 0.2) is 5.78 Å². The lowest BCUT2D eigenvalue weighted by molar-refractivity contribution is 0.0984. The lowest BCUT2D eigenvalue weighted by atomic mass is 10.0. The van der Waals surface area contributed by atoms with Crippen molar-refractivity contribution < 1.29 is 14.0 Å². The molecule has 3 N–H and O–H groups in total. The minimum atomic E-state index is -0.474. The standard InChI is InChI=1S/C24H19FN2O2S/c25-18-10-11-19(26)20(14-18)27-24(29)16-8-5-15(6-9-16)7-12-21(28)23-13-17-3-1-2-4-22(17)30-23/h1-6,8-11,13-14H,7,12,26H2,(H,27,29). The average Bonchev–Trinajstić information content (AvgIpc) is 3.19. The summed E-state index contributed by atoms with van der Waals surface area (Å²) in [6, 6.07) is 20.7. The highest BCUT2D eigenvalue weighted by atomic mass is 32.1. The number of amides is 1. The van der Waals surface area contributed by atoms with E-state index in [-0.39, 0.29) is 17.4 Å². The third-order valence-corrected chi connectivity index (χ3v) is 5.98. The topological polar surface area (TPSA) is 72.2 Å². The predicted molar refractivity (Wildman–Crippen MR) is 120 cm³/mol. The van der Waals surface area contributed by atoms with E-state index >= 15 is 0 Å². The summed E-state index contributed by atoms with van der Waals surface area (Å²) in [4.78, 5) is 25.7. The number of Topliss-reactive ketones (excluding diaryl/α,β-unsaturated/α-hetero) is 1. The third-order valence-electron chi connectivity index (χ3n) is 4.82. The van der Waals surface area contributed by atoms with E-state index in [0.717, 1.165) is 20.5 Å². The second kappa shape index (κ2) is 8.47. The van der Waals surface area contributed by atoms with Crippen LogP contribution >= 0.6 is 11.3 Å². The zero-order valence-electron chi connectivity index (χ0n) is 16.0. The van der Waals surface area contributed by atoms with E-state index in [1.807, 2.05) is 42.5 Å². The summed E-state index contributed by atoms with van der Waals surface area (Å²) in [5, 5.41) is 3.70. The van der Waals surface area contributed by atoms with Crippen molar-refractivity contribution in [2.75, 3.05) is 11.1 Å². The van der Waals surface area contributed by atoms with Gasteiger partial charge in [-0.25, -0.2) is 4.39 Å². The van der Waals surface area contributed by atoms with Crippen molar-refractivity contribution in [3.05, 3.63) is 94.6 Å². The Balaban J connectivity index is 1.37. The fraction of sp³-hybridized carbons (Fsp3) is 0.0833. The van der Waals surface area contributed by atoms with Gasteiger partial charge in [-0.3, -0.25) is 9.59 Å². The van der Waals surface area contributed by atoms with E-state index in [2.05, 4.69) is 5.32 Å². The minimum absolute atomic E-state index is 0.111. The van der Waals surface area contributed by atoms with Gasteiger partial charge >= 0.3 is 0 Å². The first kappa shape index (κ1) is 19.8. The number of nitrogens with two attached hydrogens (primary N) is 1. The molecular formula is C24H19FN2O2S. The number of benzene rings is 3. The maximum absolute atomic E-state index is 13.4. The number of aryl methyl sites for hydroxylation is 1. The molecule has 0 aliphatic heterocycles. The Morgan fingerprint density at radius 3 is 2.50 bits per heavy atom. The number of ketones is 1. The smallest absolute Gasteiger partial charge is 0.255 e. The number of carbonyl (C=O) groups is 2. The molecule has 0 saturated heterocycles. The van der Waals surface area contributed by atoms with Gasteiger partial charge < -0.3 is 11.1 Å². The lowest BCUT2D eigenvalue weighted by Crippen LogP contribution is -2.13. The van der Waals surface area contributed by atoms with Crippen LogP contribution in [0.4, 0.5) is 15.8 Å². The molecule has 30 heavy (non-hydrogen) atoms. The molecular weight excluding hydrogens is 399 g/mol. The maximum Gasteiger partial charge on any atom is 0.255 e. The number of carbonyl (C=O) groups excluding carboxylic acids is 2. The molecule has 0 aliphatic rings. The zero-order chi connectivity index (χ0) is 21.1. The van der Waals surface area contributed by atoms with Crippen molar-refractivity contribution in [1.82, 2.24) is 0 Å². The molecule has 4 nitrogen and oxygen atoms in total. The monoisotopic (exact) mass is 418 g/mol. The molecule has 0 fully saturated rings. The van der Waals surface area contributed by atoms with Crippen molar-refractivity contribution in [3.63, 3.8) is 0 Å². The number of fused-ring (bicyclic) bond motifs is 1. The molecule has 150 valence electrons. The summed E-state index contributed by atoms with van der Waals surface area (Å²) < 4.78 is 14.5. The van der Waals surface area contributed by atoms with E-state index in [0.29, 0.717) is 24.1 Å². The summed E-state index contributed by atoms with van der Waals surface area (Å²) in [5.74, 6) is -0.738. The number of thiophene rings is 1. The van der Waals surface area contributed by atoms with Gasteiger partial charge in [0.25, 0.3) is 5.91 Å². The zero-order valence-corrected chi connectivity index (χ0v) is 16.8. The van der Waals surface area contributed by atoms with Crippen LogP contribution in [0.2, 0.25) is 0 Å². The molecule has 3 aromatic carbocycles. The predicted octanol–water partition coefficient (Wildman–Crippen LogP) is 5.69. The number of halogens is 1. The Morgan fingerprint density at radius 2 is 1.73 bits per heavy atom. The van der Waals surface area contributed by atoms with E-state index in [9.17, 15) is 14.0 Å². The van der Waals surface area contributed by atoms with E-state index in [1.165, 1.54) is 29.5 Å². The first-order valence-electron chi connectivity index (χ1n) is 9.47. The van der Waals surface area contributed by atoms with Gasteiger partial charge in [-0.2, -0.15) is 0 Å². The van der Waals surface area contributed by atoms with Gasteiger partial charge in [-0.15, -0.1) is 11.3 Å². The van der Waals surface area contributed by atoms with Gasteiger partial charge in [0.1, 0.15) is 5.82 Å². The summed E-state index contributed by atoms with van der Waals surface area (Å²) in [6.45, 7) is 0. The molecule has 4 aromatic rings. The summed E-state index contributed by atoms with van der Waals surface area (Å²) in [7, 11) is 0. The van der Waals surface area contributed by atoms with Crippen LogP contribution in [0.3, 0.4) is 0 Å². The summed E-state index contributed by atoms with van der Waals surface area (Å²) >= 11 is 1.51. The number of nitrogen functional groups attached to an aromatic ring is 1. The summed E-state index contributed by atoms with van der Waals surface area (Å²) in [6.07, 6.45) is 0.990. The molecule has 0 atom stereocenters. The van der Waals surface area contributed by atoms with Crippen LogP contribution in [-0.2, 0) is 6.42 Å². The first-order chi connectivity index (χ1) is 14.5. The van der Waals surface area contributed by atoms with Gasteiger partial charge in [0, 0.05) is 16.7 Å². The lowest BCUT2D eigenvalue weighted by Gasteiger charge is -2.09.